The highest BCUT2D eigenvalue weighted by molar-refractivity contribution is 6.36. The summed E-state index contributed by atoms with van der Waals surface area (Å²) in [5.41, 5.74) is 3.77. The molecule has 0 amide bonds. The molecule has 1 heterocycles. The van der Waals surface area contributed by atoms with Crippen molar-refractivity contribution in [2.75, 3.05) is 7.11 Å². The zero-order chi connectivity index (χ0) is 17.3. The van der Waals surface area contributed by atoms with E-state index in [9.17, 15) is 5.26 Å². The number of methoxy groups -OCH3 is 1. The monoisotopic (exact) mass is 357 g/mol. The topological polar surface area (TPSA) is 61.7 Å². The maximum Gasteiger partial charge on any atom is 0.149 e. The van der Waals surface area contributed by atoms with Crippen LogP contribution in [0.4, 0.5) is 0 Å². The molecule has 0 bridgehead atoms. The molecular weight excluding hydrogens is 345 g/mol. The van der Waals surface area contributed by atoms with E-state index in [2.05, 4.69) is 16.0 Å². The second kappa shape index (κ2) is 6.56. The molecule has 0 unspecified atom stereocenters. The van der Waals surface area contributed by atoms with Crippen LogP contribution in [0.1, 0.15) is 17.0 Å². The number of H-pyrrole nitrogens is 1. The molecule has 3 aromatic rings. The molecule has 120 valence electrons. The van der Waals surface area contributed by atoms with Crippen molar-refractivity contribution in [1.82, 2.24) is 9.97 Å². The number of nitrogens with zero attached hydrogens (tertiary/aromatic N) is 2. The highest BCUT2D eigenvalue weighted by Gasteiger charge is 2.12. The van der Waals surface area contributed by atoms with Crippen LogP contribution in [0.2, 0.25) is 10.0 Å². The van der Waals surface area contributed by atoms with Crippen molar-refractivity contribution in [3.63, 3.8) is 0 Å². The number of halogens is 2. The molecule has 0 saturated carbocycles. The van der Waals surface area contributed by atoms with E-state index in [1.54, 1.807) is 18.2 Å². The van der Waals surface area contributed by atoms with Gasteiger partial charge in [0.15, 0.2) is 0 Å². The summed E-state index contributed by atoms with van der Waals surface area (Å²) in [6, 6.07) is 11.3. The number of aromatic nitrogens is 2. The van der Waals surface area contributed by atoms with Gasteiger partial charge in [0, 0.05) is 10.6 Å². The molecule has 2 aromatic carbocycles. The van der Waals surface area contributed by atoms with E-state index in [1.807, 2.05) is 25.1 Å². The van der Waals surface area contributed by atoms with Crippen molar-refractivity contribution in [3.05, 3.63) is 57.3 Å². The number of aryl methyl sites for hydroxylation is 1. The molecular formula is C18H13Cl2N3O. The molecule has 0 atom stereocenters. The van der Waals surface area contributed by atoms with E-state index in [0.717, 1.165) is 16.6 Å². The predicted octanol–water partition coefficient (Wildman–Crippen LogP) is 5.25. The van der Waals surface area contributed by atoms with E-state index >= 15 is 0 Å². The molecule has 0 saturated heterocycles. The first-order chi connectivity index (χ1) is 11.5. The number of hydrogen-bond donors (Lipinski definition) is 1. The Morgan fingerprint density at radius 2 is 2.08 bits per heavy atom. The third-order valence-electron chi connectivity index (χ3n) is 3.55. The lowest BCUT2D eigenvalue weighted by atomic mass is 10.1. The molecule has 0 radical (unpaired) electrons. The quantitative estimate of drug-likeness (QED) is 0.651. The molecule has 0 spiro atoms. The number of imidazole rings is 1. The van der Waals surface area contributed by atoms with E-state index in [1.165, 1.54) is 7.11 Å². The van der Waals surface area contributed by atoms with Crippen molar-refractivity contribution in [3.8, 4) is 11.8 Å². The Balaban J connectivity index is 2.14. The average Bonchev–Trinajstić information content (AvgIpc) is 2.94. The Kier molecular flexibility index (Phi) is 4.48. The van der Waals surface area contributed by atoms with Crippen LogP contribution >= 0.6 is 23.2 Å². The fourth-order valence-corrected chi connectivity index (χ4v) is 3.05. The maximum absolute atomic E-state index is 9.54. The molecule has 0 fully saturated rings. The summed E-state index contributed by atoms with van der Waals surface area (Å²) in [4.78, 5) is 7.63. The number of ether oxygens (including phenoxy) is 1. The van der Waals surface area contributed by atoms with Crippen molar-refractivity contribution in [1.29, 1.82) is 5.26 Å². The molecule has 0 aliphatic heterocycles. The smallest absolute Gasteiger partial charge is 0.149 e. The summed E-state index contributed by atoms with van der Waals surface area (Å²) in [6.45, 7) is 2.00. The zero-order valence-corrected chi connectivity index (χ0v) is 14.5. The van der Waals surface area contributed by atoms with Crippen LogP contribution in [-0.4, -0.2) is 17.1 Å². The third kappa shape index (κ3) is 3.09. The molecule has 0 aliphatic carbocycles. The minimum atomic E-state index is 0.362. The van der Waals surface area contributed by atoms with Gasteiger partial charge in [-0.2, -0.15) is 5.26 Å². The Hall–Kier alpha value is -2.48. The number of aromatic amines is 1. The predicted molar refractivity (Wildman–Crippen MR) is 97.3 cm³/mol. The Labute approximate surface area is 149 Å². The second-order valence-corrected chi connectivity index (χ2v) is 6.13. The lowest BCUT2D eigenvalue weighted by Gasteiger charge is -2.08. The van der Waals surface area contributed by atoms with E-state index in [0.29, 0.717) is 32.8 Å². The van der Waals surface area contributed by atoms with Gasteiger partial charge in [0.2, 0.25) is 0 Å². The summed E-state index contributed by atoms with van der Waals surface area (Å²) in [5.74, 6) is 0.942. The number of fused-ring (bicyclic) bond motifs is 1. The van der Waals surface area contributed by atoms with E-state index in [-0.39, 0.29) is 0 Å². The standard InChI is InChI=1S/C18H13Cl2N3O/c1-10-3-4-15-16(5-10)23-18(22-15)12(9-21)6-11-7-13(19)8-14(20)17(11)24-2/h3-8H,1-2H3,(H,22,23)/b12-6+. The Morgan fingerprint density at radius 3 is 2.79 bits per heavy atom. The van der Waals surface area contributed by atoms with Gasteiger partial charge in [-0.15, -0.1) is 0 Å². The second-order valence-electron chi connectivity index (χ2n) is 5.29. The van der Waals surface area contributed by atoms with Crippen molar-refractivity contribution >= 4 is 45.9 Å². The van der Waals surface area contributed by atoms with Crippen LogP contribution in [0.25, 0.3) is 22.7 Å². The van der Waals surface area contributed by atoms with Crippen LogP contribution in [0.5, 0.6) is 5.75 Å². The van der Waals surface area contributed by atoms with Gasteiger partial charge in [0.1, 0.15) is 17.6 Å². The third-order valence-corrected chi connectivity index (χ3v) is 4.05. The fourth-order valence-electron chi connectivity index (χ4n) is 2.46. The first kappa shape index (κ1) is 16.4. The lowest BCUT2D eigenvalue weighted by molar-refractivity contribution is 0.414. The number of hydrogen-bond acceptors (Lipinski definition) is 3. The van der Waals surface area contributed by atoms with Crippen molar-refractivity contribution in [2.45, 2.75) is 6.92 Å². The summed E-state index contributed by atoms with van der Waals surface area (Å²) in [7, 11) is 1.52. The molecule has 1 N–H and O–H groups in total. The minimum absolute atomic E-state index is 0.362. The summed E-state index contributed by atoms with van der Waals surface area (Å²) in [5, 5.41) is 10.4. The van der Waals surface area contributed by atoms with Crippen LogP contribution in [0, 0.1) is 18.3 Å². The molecule has 4 nitrogen and oxygen atoms in total. The van der Waals surface area contributed by atoms with Gasteiger partial charge in [-0.3, -0.25) is 0 Å². The zero-order valence-electron chi connectivity index (χ0n) is 13.0. The van der Waals surface area contributed by atoms with Gasteiger partial charge in [0.05, 0.1) is 28.7 Å². The fraction of sp³-hybridized carbons (Fsp3) is 0.111. The van der Waals surface area contributed by atoms with Crippen LogP contribution in [0.15, 0.2) is 30.3 Å². The van der Waals surface area contributed by atoms with Crippen LogP contribution < -0.4 is 4.74 Å². The van der Waals surface area contributed by atoms with Crippen LogP contribution in [-0.2, 0) is 0 Å². The molecule has 1 aromatic heterocycles. The van der Waals surface area contributed by atoms with Crippen molar-refractivity contribution in [2.24, 2.45) is 0 Å². The number of benzene rings is 2. The number of nitriles is 1. The minimum Gasteiger partial charge on any atom is -0.495 e. The Morgan fingerprint density at radius 1 is 1.29 bits per heavy atom. The highest BCUT2D eigenvalue weighted by atomic mass is 35.5. The van der Waals surface area contributed by atoms with Gasteiger partial charge in [-0.25, -0.2) is 4.98 Å². The van der Waals surface area contributed by atoms with E-state index in [4.69, 9.17) is 27.9 Å². The van der Waals surface area contributed by atoms with Gasteiger partial charge >= 0.3 is 0 Å². The number of nitrogens with one attached hydrogen (secondary N) is 1. The summed E-state index contributed by atoms with van der Waals surface area (Å²) in [6.07, 6.45) is 1.65. The average molecular weight is 358 g/mol. The van der Waals surface area contributed by atoms with Gasteiger partial charge in [-0.05, 0) is 42.8 Å². The summed E-state index contributed by atoms with van der Waals surface area (Å²) >= 11 is 12.2. The number of allylic oxidation sites excluding steroid dienone is 1. The van der Waals surface area contributed by atoms with Crippen LogP contribution in [0.3, 0.4) is 0 Å². The Bertz CT molecular complexity index is 999. The summed E-state index contributed by atoms with van der Waals surface area (Å²) < 4.78 is 5.31. The first-order valence-corrected chi connectivity index (χ1v) is 7.89. The molecule has 0 aliphatic rings. The highest BCUT2D eigenvalue weighted by Crippen LogP contribution is 2.34. The first-order valence-electron chi connectivity index (χ1n) is 7.13. The maximum atomic E-state index is 9.54. The van der Waals surface area contributed by atoms with E-state index < -0.39 is 0 Å². The van der Waals surface area contributed by atoms with Gasteiger partial charge in [-0.1, -0.05) is 29.3 Å². The molecule has 6 heteroatoms. The van der Waals surface area contributed by atoms with Crippen molar-refractivity contribution < 1.29 is 4.74 Å². The van der Waals surface area contributed by atoms with Gasteiger partial charge in [0.25, 0.3) is 0 Å². The molecule has 24 heavy (non-hydrogen) atoms. The normalized spacial score (nSPS) is 11.5. The molecule has 3 rings (SSSR count). The lowest BCUT2D eigenvalue weighted by Crippen LogP contribution is -1.91. The SMILES string of the molecule is COc1c(Cl)cc(Cl)cc1/C=C(\C#N)c1nc2ccc(C)cc2[nH]1. The van der Waals surface area contributed by atoms with Gasteiger partial charge < -0.3 is 9.72 Å². The largest absolute Gasteiger partial charge is 0.495 e. The number of rotatable bonds is 3.